The highest BCUT2D eigenvalue weighted by atomic mass is 32.2. The van der Waals surface area contributed by atoms with Gasteiger partial charge in [-0.25, -0.2) is 8.42 Å². The standard InChI is InChI=1S/C36H49N3O4S/c1-4-33(35(41)37-31-10-5-6-11-31)38(23-26-9-7-8-25(2)16-26)34(40)24-39(44(3,42)43)32-14-12-30(13-15-32)36-20-27-17-28(21-36)19-29(18-27)22-36/h7-9,12-16,27-29,31,33H,4-6,10-11,17-24H2,1-3H3,(H,37,41)/t27?,28?,29?,33-,36?/m1/s1. The molecule has 7 rings (SSSR count). The van der Waals surface area contributed by atoms with Crippen molar-refractivity contribution in [3.63, 3.8) is 0 Å². The van der Waals surface area contributed by atoms with E-state index < -0.39 is 16.1 Å². The summed E-state index contributed by atoms with van der Waals surface area (Å²) in [4.78, 5) is 29.3. The van der Waals surface area contributed by atoms with Gasteiger partial charge < -0.3 is 10.2 Å². The summed E-state index contributed by atoms with van der Waals surface area (Å²) >= 11 is 0. The van der Waals surface area contributed by atoms with E-state index in [0.717, 1.165) is 60.8 Å². The molecule has 0 aliphatic heterocycles. The molecule has 5 aliphatic rings. The lowest BCUT2D eigenvalue weighted by Crippen LogP contribution is -2.53. The molecule has 5 aliphatic carbocycles. The minimum absolute atomic E-state index is 0.132. The second-order valence-corrected chi connectivity index (χ2v) is 16.3. The maximum atomic E-state index is 14.1. The molecule has 8 heteroatoms. The van der Waals surface area contributed by atoms with Crippen LogP contribution in [0.25, 0.3) is 0 Å². The number of aryl methyl sites for hydroxylation is 1. The van der Waals surface area contributed by atoms with Crippen LogP contribution in [-0.4, -0.2) is 50.0 Å². The molecule has 0 aromatic heterocycles. The maximum Gasteiger partial charge on any atom is 0.244 e. The fourth-order valence-electron chi connectivity index (χ4n) is 9.35. The van der Waals surface area contributed by atoms with Crippen LogP contribution in [0.2, 0.25) is 0 Å². The Bertz CT molecular complexity index is 1430. The Morgan fingerprint density at radius 2 is 1.57 bits per heavy atom. The van der Waals surface area contributed by atoms with Crippen molar-refractivity contribution in [3.8, 4) is 0 Å². The van der Waals surface area contributed by atoms with Crippen molar-refractivity contribution in [1.29, 1.82) is 0 Å². The van der Waals surface area contributed by atoms with Crippen LogP contribution in [0.15, 0.2) is 48.5 Å². The second kappa shape index (κ2) is 12.5. The molecule has 0 saturated heterocycles. The number of nitrogens with zero attached hydrogens (tertiary/aromatic N) is 2. The zero-order valence-corrected chi connectivity index (χ0v) is 27.5. The molecule has 238 valence electrons. The molecule has 5 fully saturated rings. The molecule has 4 bridgehead atoms. The van der Waals surface area contributed by atoms with Crippen LogP contribution in [0.4, 0.5) is 5.69 Å². The van der Waals surface area contributed by atoms with Crippen LogP contribution in [-0.2, 0) is 31.6 Å². The van der Waals surface area contributed by atoms with Gasteiger partial charge in [-0.1, -0.05) is 61.7 Å². The number of sulfonamides is 1. The molecule has 1 N–H and O–H groups in total. The third-order valence-corrected chi connectivity index (χ3v) is 12.1. The van der Waals surface area contributed by atoms with Gasteiger partial charge in [-0.05, 0) is 111 Å². The summed E-state index contributed by atoms with van der Waals surface area (Å²) < 4.78 is 27.6. The van der Waals surface area contributed by atoms with Crippen molar-refractivity contribution in [2.24, 2.45) is 17.8 Å². The molecule has 2 aromatic carbocycles. The number of hydrogen-bond donors (Lipinski definition) is 1. The number of hydrogen-bond acceptors (Lipinski definition) is 4. The van der Waals surface area contributed by atoms with Gasteiger partial charge in [0, 0.05) is 12.6 Å². The topological polar surface area (TPSA) is 86.8 Å². The average molecular weight is 620 g/mol. The van der Waals surface area contributed by atoms with Gasteiger partial charge in [-0.2, -0.15) is 0 Å². The van der Waals surface area contributed by atoms with E-state index in [-0.39, 0.29) is 36.4 Å². The minimum atomic E-state index is -3.77. The Kier molecular flexibility index (Phi) is 8.84. The fourth-order valence-corrected chi connectivity index (χ4v) is 10.2. The zero-order valence-electron chi connectivity index (χ0n) is 26.6. The zero-order chi connectivity index (χ0) is 31.1. The first-order valence-corrected chi connectivity index (χ1v) is 18.6. The molecule has 2 aromatic rings. The van der Waals surface area contributed by atoms with Crippen LogP contribution in [0, 0.1) is 24.7 Å². The number of nitrogens with one attached hydrogen (secondary N) is 1. The van der Waals surface area contributed by atoms with Gasteiger partial charge in [0.1, 0.15) is 12.6 Å². The lowest BCUT2D eigenvalue weighted by Gasteiger charge is -2.57. The van der Waals surface area contributed by atoms with Gasteiger partial charge in [0.25, 0.3) is 0 Å². The first kappa shape index (κ1) is 31.1. The van der Waals surface area contributed by atoms with E-state index in [0.29, 0.717) is 12.1 Å². The summed E-state index contributed by atoms with van der Waals surface area (Å²) in [5.74, 6) is 1.93. The quantitative estimate of drug-likeness (QED) is 0.330. The van der Waals surface area contributed by atoms with Gasteiger partial charge in [0.05, 0.1) is 11.9 Å². The van der Waals surface area contributed by atoms with Crippen molar-refractivity contribution in [2.75, 3.05) is 17.1 Å². The Morgan fingerprint density at radius 3 is 2.11 bits per heavy atom. The van der Waals surface area contributed by atoms with E-state index in [1.54, 1.807) is 4.90 Å². The van der Waals surface area contributed by atoms with E-state index >= 15 is 0 Å². The lowest BCUT2D eigenvalue weighted by molar-refractivity contribution is -0.140. The molecule has 0 unspecified atom stereocenters. The SMILES string of the molecule is CC[C@H](C(=O)NC1CCCC1)N(Cc1cccc(C)c1)C(=O)CN(c1ccc(C23CC4CC(CC(C4)C2)C3)cc1)S(C)(=O)=O. The van der Waals surface area contributed by atoms with Gasteiger partial charge in [-0.15, -0.1) is 0 Å². The monoisotopic (exact) mass is 619 g/mol. The predicted octanol–water partition coefficient (Wildman–Crippen LogP) is 6.10. The summed E-state index contributed by atoms with van der Waals surface area (Å²) in [7, 11) is -3.77. The Labute approximate surface area is 263 Å². The molecule has 5 saturated carbocycles. The molecular formula is C36H49N3O4S. The summed E-state index contributed by atoms with van der Waals surface area (Å²) in [5.41, 5.74) is 4.00. The number of amides is 2. The van der Waals surface area contributed by atoms with E-state index in [1.807, 2.05) is 50.2 Å². The van der Waals surface area contributed by atoms with Gasteiger partial charge in [0.2, 0.25) is 21.8 Å². The van der Waals surface area contributed by atoms with Crippen molar-refractivity contribution >= 4 is 27.5 Å². The minimum Gasteiger partial charge on any atom is -0.352 e. The number of anilines is 1. The van der Waals surface area contributed by atoms with E-state index in [4.69, 9.17) is 0 Å². The third kappa shape index (κ3) is 6.56. The second-order valence-electron chi connectivity index (χ2n) is 14.4. The number of carbonyl (C=O) groups is 2. The lowest BCUT2D eigenvalue weighted by atomic mass is 9.48. The third-order valence-electron chi connectivity index (χ3n) is 11.0. The molecule has 2 amide bonds. The molecule has 7 nitrogen and oxygen atoms in total. The van der Waals surface area contributed by atoms with E-state index in [9.17, 15) is 18.0 Å². The maximum absolute atomic E-state index is 14.1. The normalized spacial score (nSPS) is 26.8. The fraction of sp³-hybridized carbons (Fsp3) is 0.611. The Balaban J connectivity index is 1.25. The van der Waals surface area contributed by atoms with Crippen molar-refractivity contribution in [3.05, 3.63) is 65.2 Å². The van der Waals surface area contributed by atoms with E-state index in [2.05, 4.69) is 17.4 Å². The van der Waals surface area contributed by atoms with Crippen LogP contribution in [0.3, 0.4) is 0 Å². The van der Waals surface area contributed by atoms with Crippen molar-refractivity contribution < 1.29 is 18.0 Å². The van der Waals surface area contributed by atoms with Crippen LogP contribution in [0.1, 0.15) is 94.2 Å². The van der Waals surface area contributed by atoms with Gasteiger partial charge in [-0.3, -0.25) is 13.9 Å². The first-order chi connectivity index (χ1) is 21.0. The number of rotatable bonds is 11. The molecule has 1 atom stereocenters. The predicted molar refractivity (Wildman–Crippen MR) is 175 cm³/mol. The summed E-state index contributed by atoms with van der Waals surface area (Å²) in [5, 5.41) is 3.17. The van der Waals surface area contributed by atoms with Crippen LogP contribution >= 0.6 is 0 Å². The average Bonchev–Trinajstić information content (AvgIpc) is 3.47. The van der Waals surface area contributed by atoms with Gasteiger partial charge in [0.15, 0.2) is 0 Å². The summed E-state index contributed by atoms with van der Waals surface area (Å²) in [6.07, 6.45) is 13.5. The Morgan fingerprint density at radius 1 is 0.955 bits per heavy atom. The number of carbonyl (C=O) groups excluding carboxylic acids is 2. The highest BCUT2D eigenvalue weighted by Crippen LogP contribution is 2.60. The number of benzene rings is 2. The highest BCUT2D eigenvalue weighted by Gasteiger charge is 2.51. The van der Waals surface area contributed by atoms with Crippen molar-refractivity contribution in [2.45, 2.75) is 109 Å². The molecule has 0 radical (unpaired) electrons. The van der Waals surface area contributed by atoms with Crippen LogP contribution < -0.4 is 9.62 Å². The first-order valence-electron chi connectivity index (χ1n) is 16.8. The van der Waals surface area contributed by atoms with Crippen LogP contribution in [0.5, 0.6) is 0 Å². The summed E-state index contributed by atoms with van der Waals surface area (Å²) in [6, 6.07) is 15.3. The van der Waals surface area contributed by atoms with E-state index in [1.165, 1.54) is 48.4 Å². The van der Waals surface area contributed by atoms with Crippen molar-refractivity contribution in [1.82, 2.24) is 10.2 Å². The highest BCUT2D eigenvalue weighted by molar-refractivity contribution is 7.92. The Hall–Kier alpha value is -2.87. The molecular weight excluding hydrogens is 570 g/mol. The van der Waals surface area contributed by atoms with Gasteiger partial charge >= 0.3 is 0 Å². The molecule has 0 spiro atoms. The largest absolute Gasteiger partial charge is 0.352 e. The molecule has 44 heavy (non-hydrogen) atoms. The summed E-state index contributed by atoms with van der Waals surface area (Å²) in [6.45, 7) is 3.79. The molecule has 0 heterocycles. The smallest absolute Gasteiger partial charge is 0.244 e.